The van der Waals surface area contributed by atoms with Crippen LogP contribution in [0, 0.1) is 0 Å². The van der Waals surface area contributed by atoms with Gasteiger partial charge >= 0.3 is 5.97 Å². The van der Waals surface area contributed by atoms with Crippen molar-refractivity contribution in [3.63, 3.8) is 0 Å². The summed E-state index contributed by atoms with van der Waals surface area (Å²) in [6, 6.07) is 2.94. The largest absolute Gasteiger partial charge is 0.545 e. The van der Waals surface area contributed by atoms with Crippen LogP contribution in [-0.2, 0) is 4.79 Å². The molecule has 1 aromatic rings. The summed E-state index contributed by atoms with van der Waals surface area (Å²) in [6.45, 7) is 0. The third kappa shape index (κ3) is 4.51. The Kier molecular flexibility index (Phi) is 6.58. The second kappa shape index (κ2) is 7.44. The highest BCUT2D eigenvalue weighted by molar-refractivity contribution is 14.1. The van der Waals surface area contributed by atoms with Crippen LogP contribution in [0.15, 0.2) is 21.1 Å². The van der Waals surface area contributed by atoms with E-state index in [2.05, 4.69) is 54.5 Å². The summed E-state index contributed by atoms with van der Waals surface area (Å²) in [6.07, 6.45) is 0.937. The number of hydrogen-bond acceptors (Lipinski definition) is 4. The lowest BCUT2D eigenvalue weighted by Gasteiger charge is -2.13. The number of esters is 1. The lowest BCUT2D eigenvalue weighted by molar-refractivity contribution is -0.255. The maximum absolute atomic E-state index is 11.5. The molecule has 0 atom stereocenters. The number of halogens is 3. The van der Waals surface area contributed by atoms with Crippen LogP contribution in [-0.4, -0.2) is 16.4 Å². The van der Waals surface area contributed by atoms with E-state index in [1.165, 1.54) is 6.07 Å². The van der Waals surface area contributed by atoms with Crippen LogP contribution < -0.4 is 9.84 Å². The summed E-state index contributed by atoms with van der Waals surface area (Å²) in [7, 11) is 0. The van der Waals surface area contributed by atoms with Crippen LogP contribution in [0.5, 0.6) is 5.75 Å². The van der Waals surface area contributed by atoms with Gasteiger partial charge in [0.2, 0.25) is 0 Å². The number of benzene rings is 1. The van der Waals surface area contributed by atoms with E-state index in [-0.39, 0.29) is 17.7 Å². The van der Waals surface area contributed by atoms with Gasteiger partial charge in [0.25, 0.3) is 0 Å². The van der Waals surface area contributed by atoms with Crippen molar-refractivity contribution in [3.8, 4) is 5.75 Å². The van der Waals surface area contributed by atoms with Gasteiger partial charge in [0.05, 0.1) is 10.4 Å². The first-order valence-electron chi connectivity index (χ1n) is 4.92. The zero-order valence-corrected chi connectivity index (χ0v) is 14.4. The predicted octanol–water partition coefficient (Wildman–Crippen LogP) is 2.70. The standard InChI is InChI=1S/C11H9Br2IO4/c12-6-4-7(11(16)17)10(8(13)5-6)18-9(15)2-1-3-14/h4-5H,1-3H2,(H,16,17)/p-1. The number of carbonyl (C=O) groups excluding carboxylic acids is 2. The summed E-state index contributed by atoms with van der Waals surface area (Å²) in [5.74, 6) is -1.87. The molecule has 0 unspecified atom stereocenters. The maximum Gasteiger partial charge on any atom is 0.311 e. The fourth-order valence-electron chi connectivity index (χ4n) is 1.19. The molecule has 1 rings (SSSR count). The summed E-state index contributed by atoms with van der Waals surface area (Å²) >= 11 is 8.48. The van der Waals surface area contributed by atoms with Gasteiger partial charge in [0.1, 0.15) is 0 Å². The Hall–Kier alpha value is -0.150. The van der Waals surface area contributed by atoms with Crippen molar-refractivity contribution in [2.45, 2.75) is 12.8 Å². The SMILES string of the molecule is O=C(CCCI)Oc1c(Br)cc(Br)cc1C(=O)[O-]. The molecule has 4 nitrogen and oxygen atoms in total. The monoisotopic (exact) mass is 489 g/mol. The molecule has 0 N–H and O–H groups in total. The predicted molar refractivity (Wildman–Crippen MR) is 79.9 cm³/mol. The molecule has 18 heavy (non-hydrogen) atoms. The fraction of sp³-hybridized carbons (Fsp3) is 0.273. The number of carbonyl (C=O) groups is 2. The highest BCUT2D eigenvalue weighted by Gasteiger charge is 2.14. The van der Waals surface area contributed by atoms with Gasteiger partial charge in [-0.05, 0) is 34.5 Å². The highest BCUT2D eigenvalue weighted by atomic mass is 127. The molecule has 0 saturated carbocycles. The van der Waals surface area contributed by atoms with Crippen LogP contribution in [0.1, 0.15) is 23.2 Å². The first kappa shape index (κ1) is 15.9. The Morgan fingerprint density at radius 2 is 2.00 bits per heavy atom. The van der Waals surface area contributed by atoms with Crippen molar-refractivity contribution in [3.05, 3.63) is 26.6 Å². The maximum atomic E-state index is 11.5. The number of ether oxygens (including phenoxy) is 1. The van der Waals surface area contributed by atoms with E-state index in [1.54, 1.807) is 6.07 Å². The van der Waals surface area contributed by atoms with Gasteiger partial charge < -0.3 is 14.6 Å². The number of carboxylic acids is 1. The van der Waals surface area contributed by atoms with Gasteiger partial charge in [0, 0.05) is 20.9 Å². The number of rotatable bonds is 5. The van der Waals surface area contributed by atoms with Crippen molar-refractivity contribution >= 4 is 66.4 Å². The van der Waals surface area contributed by atoms with Gasteiger partial charge in [-0.3, -0.25) is 4.79 Å². The second-order valence-corrected chi connectivity index (χ2v) is 6.17. The normalized spacial score (nSPS) is 10.2. The first-order chi connectivity index (χ1) is 8.45. The molecule has 0 amide bonds. The van der Waals surface area contributed by atoms with E-state index in [9.17, 15) is 14.7 Å². The molecule has 0 fully saturated rings. The van der Waals surface area contributed by atoms with Crippen molar-refractivity contribution in [2.75, 3.05) is 4.43 Å². The smallest absolute Gasteiger partial charge is 0.311 e. The minimum Gasteiger partial charge on any atom is -0.545 e. The van der Waals surface area contributed by atoms with Crippen LogP contribution in [0.25, 0.3) is 0 Å². The van der Waals surface area contributed by atoms with Crippen LogP contribution >= 0.6 is 54.5 Å². The molecule has 7 heteroatoms. The average molecular weight is 491 g/mol. The van der Waals surface area contributed by atoms with Crippen LogP contribution in [0.2, 0.25) is 0 Å². The van der Waals surface area contributed by atoms with Crippen LogP contribution in [0.3, 0.4) is 0 Å². The molecular formula is C11H8Br2IO4-. The number of carboxylic acid groups (broad SMARTS) is 1. The molecule has 98 valence electrons. The molecule has 0 aliphatic rings. The minimum atomic E-state index is -1.39. The third-order valence-electron chi connectivity index (χ3n) is 1.96. The molecule has 0 saturated heterocycles. The van der Waals surface area contributed by atoms with Crippen molar-refractivity contribution in [1.29, 1.82) is 0 Å². The summed E-state index contributed by atoms with van der Waals surface area (Å²) in [5, 5.41) is 11.0. The zero-order chi connectivity index (χ0) is 13.7. The van der Waals surface area contributed by atoms with E-state index in [4.69, 9.17) is 4.74 Å². The zero-order valence-electron chi connectivity index (χ0n) is 9.04. The molecule has 0 heterocycles. The highest BCUT2D eigenvalue weighted by Crippen LogP contribution is 2.33. The van der Waals surface area contributed by atoms with Crippen molar-refractivity contribution in [2.24, 2.45) is 0 Å². The topological polar surface area (TPSA) is 66.4 Å². The fourth-order valence-corrected chi connectivity index (χ4v) is 2.88. The van der Waals surface area contributed by atoms with Gasteiger partial charge in [-0.2, -0.15) is 0 Å². The van der Waals surface area contributed by atoms with Gasteiger partial charge in [-0.1, -0.05) is 38.5 Å². The summed E-state index contributed by atoms with van der Waals surface area (Å²) in [5.41, 5.74) is -0.168. The van der Waals surface area contributed by atoms with Crippen molar-refractivity contribution in [1.82, 2.24) is 0 Å². The Bertz CT molecular complexity index is 476. The van der Waals surface area contributed by atoms with E-state index in [0.717, 1.165) is 4.43 Å². The lowest BCUT2D eigenvalue weighted by Crippen LogP contribution is -2.24. The first-order valence-corrected chi connectivity index (χ1v) is 8.04. The molecule has 0 aliphatic carbocycles. The minimum absolute atomic E-state index is 0.0170. The molecule has 0 aliphatic heterocycles. The van der Waals surface area contributed by atoms with Crippen LogP contribution in [0.4, 0.5) is 0 Å². The Labute approximate surface area is 134 Å². The van der Waals surface area contributed by atoms with Gasteiger partial charge in [0.15, 0.2) is 5.75 Å². The Morgan fingerprint density at radius 3 is 2.56 bits per heavy atom. The molecule has 0 aromatic heterocycles. The summed E-state index contributed by atoms with van der Waals surface area (Å²) < 4.78 is 6.84. The lowest BCUT2D eigenvalue weighted by atomic mass is 10.2. The van der Waals surface area contributed by atoms with Gasteiger partial charge in [-0.25, -0.2) is 0 Å². The Morgan fingerprint density at radius 1 is 1.33 bits per heavy atom. The second-order valence-electron chi connectivity index (χ2n) is 3.32. The molecule has 0 radical (unpaired) electrons. The van der Waals surface area contributed by atoms with E-state index in [0.29, 0.717) is 15.4 Å². The van der Waals surface area contributed by atoms with E-state index < -0.39 is 11.9 Å². The van der Waals surface area contributed by atoms with Gasteiger partial charge in [-0.15, -0.1) is 0 Å². The molecule has 0 bridgehead atoms. The third-order valence-corrected chi connectivity index (χ3v) is 3.77. The number of alkyl halides is 1. The molecule has 0 spiro atoms. The number of aromatic carboxylic acids is 1. The summed E-state index contributed by atoms with van der Waals surface area (Å²) in [4.78, 5) is 22.5. The quantitative estimate of drug-likeness (QED) is 0.275. The molecule has 1 aromatic carbocycles. The van der Waals surface area contributed by atoms with E-state index in [1.807, 2.05) is 0 Å². The van der Waals surface area contributed by atoms with E-state index >= 15 is 0 Å². The average Bonchev–Trinajstić information content (AvgIpc) is 2.29. The number of hydrogen-bond donors (Lipinski definition) is 0. The van der Waals surface area contributed by atoms with Crippen molar-refractivity contribution < 1.29 is 19.4 Å². The molecular weight excluding hydrogens is 483 g/mol. The Balaban J connectivity index is 3.00.